The van der Waals surface area contributed by atoms with Crippen LogP contribution in [0.25, 0.3) is 0 Å². The SMILES string of the molecule is CCC(C)NC(=NCC(=O)N(C)C)NC1CC(C)(C)Oc2cc(F)ccc21.I. The van der Waals surface area contributed by atoms with E-state index in [4.69, 9.17) is 4.74 Å². The Labute approximate surface area is 184 Å². The van der Waals surface area contributed by atoms with Gasteiger partial charge in [-0.25, -0.2) is 9.38 Å². The molecule has 0 aromatic heterocycles. The smallest absolute Gasteiger partial charge is 0.243 e. The Balaban J connectivity index is 0.00000392. The molecule has 0 bridgehead atoms. The second kappa shape index (κ2) is 10.3. The highest BCUT2D eigenvalue weighted by atomic mass is 127. The van der Waals surface area contributed by atoms with E-state index >= 15 is 0 Å². The molecule has 1 aliphatic rings. The fourth-order valence-corrected chi connectivity index (χ4v) is 2.88. The van der Waals surface area contributed by atoms with Crippen LogP contribution in [-0.2, 0) is 4.79 Å². The van der Waals surface area contributed by atoms with Crippen LogP contribution < -0.4 is 15.4 Å². The van der Waals surface area contributed by atoms with Crippen LogP contribution in [0.2, 0.25) is 0 Å². The summed E-state index contributed by atoms with van der Waals surface area (Å²) in [4.78, 5) is 17.9. The minimum atomic E-state index is -0.445. The Morgan fingerprint density at radius 1 is 1.43 bits per heavy atom. The summed E-state index contributed by atoms with van der Waals surface area (Å²) < 4.78 is 19.6. The third kappa shape index (κ3) is 6.79. The summed E-state index contributed by atoms with van der Waals surface area (Å²) in [6.45, 7) is 8.15. The van der Waals surface area contributed by atoms with Crippen LogP contribution in [0, 0.1) is 5.82 Å². The normalized spacial score (nSPS) is 18.8. The number of fused-ring (bicyclic) bond motifs is 1. The third-order valence-corrected chi connectivity index (χ3v) is 4.61. The van der Waals surface area contributed by atoms with Gasteiger partial charge < -0.3 is 20.3 Å². The number of nitrogens with one attached hydrogen (secondary N) is 2. The van der Waals surface area contributed by atoms with Crippen molar-refractivity contribution in [1.82, 2.24) is 15.5 Å². The minimum Gasteiger partial charge on any atom is -0.487 e. The number of carbonyl (C=O) groups excluding carboxylic acids is 1. The fourth-order valence-electron chi connectivity index (χ4n) is 2.88. The van der Waals surface area contributed by atoms with Gasteiger partial charge >= 0.3 is 0 Å². The lowest BCUT2D eigenvalue weighted by molar-refractivity contribution is -0.127. The number of halogens is 2. The first-order valence-corrected chi connectivity index (χ1v) is 9.37. The van der Waals surface area contributed by atoms with Crippen LogP contribution in [0.3, 0.4) is 0 Å². The lowest BCUT2D eigenvalue weighted by atomic mass is 9.89. The maximum Gasteiger partial charge on any atom is 0.243 e. The summed E-state index contributed by atoms with van der Waals surface area (Å²) in [6, 6.07) is 4.69. The minimum absolute atomic E-state index is 0. The first-order valence-electron chi connectivity index (χ1n) is 9.37. The summed E-state index contributed by atoms with van der Waals surface area (Å²) in [7, 11) is 3.41. The predicted octanol–water partition coefficient (Wildman–Crippen LogP) is 3.47. The first-order chi connectivity index (χ1) is 12.6. The van der Waals surface area contributed by atoms with Gasteiger partial charge in [0.15, 0.2) is 5.96 Å². The standard InChI is InChI=1S/C20H31FN4O2.HI/c1-7-13(2)23-19(22-12-18(26)25(5)6)24-16-11-20(3,4)27-17-10-14(21)8-9-15(16)17;/h8-10,13,16H,7,11-12H2,1-6H3,(H2,22,23,24);1H. The van der Waals surface area contributed by atoms with Crippen LogP contribution >= 0.6 is 24.0 Å². The molecule has 0 spiro atoms. The summed E-state index contributed by atoms with van der Waals surface area (Å²) in [5, 5.41) is 6.74. The molecular weight excluding hydrogens is 474 g/mol. The Morgan fingerprint density at radius 3 is 2.71 bits per heavy atom. The van der Waals surface area contributed by atoms with Crippen molar-refractivity contribution in [3.63, 3.8) is 0 Å². The van der Waals surface area contributed by atoms with E-state index in [2.05, 4.69) is 29.5 Å². The molecule has 1 aliphatic heterocycles. The number of ether oxygens (including phenoxy) is 1. The number of benzene rings is 1. The van der Waals surface area contributed by atoms with E-state index < -0.39 is 5.60 Å². The average Bonchev–Trinajstić information content (AvgIpc) is 2.57. The summed E-state index contributed by atoms with van der Waals surface area (Å²) in [6.07, 6.45) is 1.61. The van der Waals surface area contributed by atoms with Gasteiger partial charge in [-0.3, -0.25) is 4.79 Å². The third-order valence-electron chi connectivity index (χ3n) is 4.61. The van der Waals surface area contributed by atoms with Gasteiger partial charge in [0.1, 0.15) is 23.7 Å². The molecule has 0 fully saturated rings. The molecule has 28 heavy (non-hydrogen) atoms. The van der Waals surface area contributed by atoms with Gasteiger partial charge in [-0.1, -0.05) is 13.0 Å². The highest BCUT2D eigenvalue weighted by Gasteiger charge is 2.34. The van der Waals surface area contributed by atoms with Gasteiger partial charge in [0.25, 0.3) is 0 Å². The van der Waals surface area contributed by atoms with Crippen molar-refractivity contribution >= 4 is 35.8 Å². The lowest BCUT2D eigenvalue weighted by Gasteiger charge is -2.38. The number of amides is 1. The molecule has 2 unspecified atom stereocenters. The van der Waals surface area contributed by atoms with E-state index in [1.807, 2.05) is 13.8 Å². The first kappa shape index (κ1) is 24.5. The highest BCUT2D eigenvalue weighted by molar-refractivity contribution is 14.0. The van der Waals surface area contributed by atoms with Crippen LogP contribution in [0.15, 0.2) is 23.2 Å². The largest absolute Gasteiger partial charge is 0.487 e. The van der Waals surface area contributed by atoms with Gasteiger partial charge in [0, 0.05) is 38.2 Å². The van der Waals surface area contributed by atoms with Crippen molar-refractivity contribution in [2.24, 2.45) is 4.99 Å². The number of guanidine groups is 1. The zero-order chi connectivity index (χ0) is 20.2. The maximum atomic E-state index is 13.7. The Morgan fingerprint density at radius 2 is 2.11 bits per heavy atom. The van der Waals surface area contributed by atoms with E-state index in [9.17, 15) is 9.18 Å². The molecule has 8 heteroatoms. The van der Waals surface area contributed by atoms with Crippen molar-refractivity contribution in [1.29, 1.82) is 0 Å². The molecule has 6 nitrogen and oxygen atoms in total. The summed E-state index contributed by atoms with van der Waals surface area (Å²) in [5.74, 6) is 0.706. The molecule has 2 atom stereocenters. The van der Waals surface area contributed by atoms with Gasteiger partial charge in [0.2, 0.25) is 5.91 Å². The zero-order valence-corrected chi connectivity index (χ0v) is 19.8. The number of aliphatic imine (C=N–C) groups is 1. The molecular formula is C20H32FIN4O2. The van der Waals surface area contributed by atoms with E-state index in [0.29, 0.717) is 18.1 Å². The molecule has 1 aromatic rings. The second-order valence-corrected chi connectivity index (χ2v) is 7.85. The van der Waals surface area contributed by atoms with E-state index in [0.717, 1.165) is 12.0 Å². The van der Waals surface area contributed by atoms with Crippen molar-refractivity contribution < 1.29 is 13.9 Å². The van der Waals surface area contributed by atoms with E-state index in [-0.39, 0.29) is 54.3 Å². The van der Waals surface area contributed by atoms with Gasteiger partial charge in [-0.15, -0.1) is 24.0 Å². The Hall–Kier alpha value is -1.58. The maximum absolute atomic E-state index is 13.7. The molecule has 2 rings (SSSR count). The van der Waals surface area contributed by atoms with Crippen LogP contribution in [0.4, 0.5) is 4.39 Å². The molecule has 0 saturated carbocycles. The topological polar surface area (TPSA) is 66.0 Å². The number of rotatable bonds is 5. The van der Waals surface area contributed by atoms with Crippen LogP contribution in [0.5, 0.6) is 5.75 Å². The molecule has 2 N–H and O–H groups in total. The monoisotopic (exact) mass is 506 g/mol. The lowest BCUT2D eigenvalue weighted by Crippen LogP contribution is -2.47. The number of likely N-dealkylation sites (N-methyl/N-ethyl adjacent to an activating group) is 1. The number of nitrogens with zero attached hydrogens (tertiary/aromatic N) is 2. The molecule has 0 aliphatic carbocycles. The molecule has 0 radical (unpaired) electrons. The van der Waals surface area contributed by atoms with Crippen molar-refractivity contribution in [3.05, 3.63) is 29.6 Å². The highest BCUT2D eigenvalue weighted by Crippen LogP contribution is 2.39. The summed E-state index contributed by atoms with van der Waals surface area (Å²) >= 11 is 0. The molecule has 1 amide bonds. The van der Waals surface area contributed by atoms with Crippen LogP contribution in [0.1, 0.15) is 52.1 Å². The molecule has 158 valence electrons. The fraction of sp³-hybridized carbons (Fsp3) is 0.600. The van der Waals surface area contributed by atoms with Crippen molar-refractivity contribution in [2.75, 3.05) is 20.6 Å². The Kier molecular flexibility index (Phi) is 8.97. The van der Waals surface area contributed by atoms with Gasteiger partial charge in [-0.2, -0.15) is 0 Å². The zero-order valence-electron chi connectivity index (χ0n) is 17.5. The number of carbonyl (C=O) groups is 1. The van der Waals surface area contributed by atoms with Gasteiger partial charge in [0.05, 0.1) is 6.04 Å². The number of hydrogen-bond acceptors (Lipinski definition) is 3. The second-order valence-electron chi connectivity index (χ2n) is 7.85. The van der Waals surface area contributed by atoms with E-state index in [1.165, 1.54) is 17.0 Å². The van der Waals surface area contributed by atoms with Crippen molar-refractivity contribution in [2.45, 2.75) is 58.2 Å². The quantitative estimate of drug-likeness (QED) is 0.365. The van der Waals surface area contributed by atoms with Gasteiger partial charge in [-0.05, 0) is 33.3 Å². The summed E-state index contributed by atoms with van der Waals surface area (Å²) in [5.41, 5.74) is 0.438. The Bertz CT molecular complexity index is 709. The van der Waals surface area contributed by atoms with Crippen LogP contribution in [-0.4, -0.2) is 49.0 Å². The molecule has 0 saturated heterocycles. The van der Waals surface area contributed by atoms with Crippen molar-refractivity contribution in [3.8, 4) is 5.75 Å². The van der Waals surface area contributed by atoms with E-state index in [1.54, 1.807) is 20.2 Å². The average molecular weight is 506 g/mol. The molecule has 1 heterocycles. The molecule has 1 aromatic carbocycles. The predicted molar refractivity (Wildman–Crippen MR) is 121 cm³/mol. The number of hydrogen-bond donors (Lipinski definition) is 2.